The largest absolute Gasteiger partial charge is 0.383 e. The van der Waals surface area contributed by atoms with Crippen LogP contribution >= 0.6 is 0 Å². The number of ether oxygens (including phenoxy) is 1. The summed E-state index contributed by atoms with van der Waals surface area (Å²) in [5.41, 5.74) is 6.86. The number of nitrogens with zero attached hydrogens (tertiary/aromatic N) is 3. The normalized spacial score (nSPS) is 21.4. The molecule has 0 saturated carbocycles. The van der Waals surface area contributed by atoms with Gasteiger partial charge in [-0.1, -0.05) is 0 Å². The first-order chi connectivity index (χ1) is 8.08. The van der Waals surface area contributed by atoms with Crippen molar-refractivity contribution in [2.24, 2.45) is 0 Å². The van der Waals surface area contributed by atoms with Crippen LogP contribution in [0.25, 0.3) is 0 Å². The molecule has 5 nitrogen and oxygen atoms in total. The number of aromatic nitrogens is 2. The zero-order valence-corrected chi connectivity index (χ0v) is 10.7. The lowest BCUT2D eigenvalue weighted by molar-refractivity contribution is 0.0820. The maximum Gasteiger partial charge on any atom is 0.137 e. The van der Waals surface area contributed by atoms with Crippen molar-refractivity contribution in [1.29, 1.82) is 0 Å². The molecule has 1 aliphatic heterocycles. The molecule has 17 heavy (non-hydrogen) atoms. The monoisotopic (exact) mass is 236 g/mol. The van der Waals surface area contributed by atoms with Crippen LogP contribution in [0.3, 0.4) is 0 Å². The molecule has 5 heteroatoms. The molecule has 1 aromatic heterocycles. The van der Waals surface area contributed by atoms with Gasteiger partial charge in [-0.05, 0) is 27.2 Å². The molecule has 0 radical (unpaired) electrons. The number of rotatable bonds is 1. The fraction of sp³-hybridized carbons (Fsp3) is 0.667. The zero-order valence-electron chi connectivity index (χ0n) is 10.7. The average Bonchev–Trinajstić information content (AvgIpc) is 2.48. The van der Waals surface area contributed by atoms with Crippen LogP contribution < -0.4 is 10.6 Å². The summed E-state index contributed by atoms with van der Waals surface area (Å²) in [4.78, 5) is 10.9. The third-order valence-electron chi connectivity index (χ3n) is 3.02. The molecule has 1 unspecified atom stereocenters. The maximum absolute atomic E-state index is 5.89. The third kappa shape index (κ3) is 2.66. The van der Waals surface area contributed by atoms with E-state index in [1.165, 1.54) is 0 Å². The van der Waals surface area contributed by atoms with E-state index in [4.69, 9.17) is 10.5 Å². The Morgan fingerprint density at radius 1 is 1.35 bits per heavy atom. The van der Waals surface area contributed by atoms with Gasteiger partial charge < -0.3 is 15.4 Å². The van der Waals surface area contributed by atoms with Crippen LogP contribution in [0.4, 0.5) is 11.6 Å². The Hall–Kier alpha value is -1.36. The van der Waals surface area contributed by atoms with Gasteiger partial charge in [-0.2, -0.15) is 0 Å². The molecule has 1 fully saturated rings. The van der Waals surface area contributed by atoms with Gasteiger partial charge in [0.25, 0.3) is 0 Å². The minimum absolute atomic E-state index is 0.230. The second-order valence-electron chi connectivity index (χ2n) is 4.59. The van der Waals surface area contributed by atoms with E-state index in [1.54, 1.807) is 0 Å². The molecule has 1 aliphatic rings. The first-order valence-electron chi connectivity index (χ1n) is 6.05. The Labute approximate surface area is 102 Å². The van der Waals surface area contributed by atoms with Gasteiger partial charge in [0.15, 0.2) is 0 Å². The van der Waals surface area contributed by atoms with Crippen molar-refractivity contribution in [3.63, 3.8) is 0 Å². The molecule has 1 saturated heterocycles. The molecule has 1 aromatic rings. The van der Waals surface area contributed by atoms with Gasteiger partial charge in [0, 0.05) is 25.3 Å². The number of nitrogens with two attached hydrogens (primary N) is 1. The van der Waals surface area contributed by atoms with Crippen molar-refractivity contribution in [3.05, 3.63) is 11.4 Å². The van der Waals surface area contributed by atoms with Gasteiger partial charge >= 0.3 is 0 Å². The van der Waals surface area contributed by atoms with E-state index in [0.29, 0.717) is 5.82 Å². The highest BCUT2D eigenvalue weighted by Crippen LogP contribution is 2.23. The number of nitrogen functional groups attached to an aromatic ring is 1. The highest BCUT2D eigenvalue weighted by Gasteiger charge is 2.19. The highest BCUT2D eigenvalue weighted by atomic mass is 16.5. The van der Waals surface area contributed by atoms with E-state index in [9.17, 15) is 0 Å². The molecular formula is C12H20N4O. The molecular weight excluding hydrogens is 216 g/mol. The Morgan fingerprint density at radius 2 is 2.12 bits per heavy atom. The summed E-state index contributed by atoms with van der Waals surface area (Å²) in [6.45, 7) is 8.57. The fourth-order valence-electron chi connectivity index (χ4n) is 2.13. The molecule has 2 N–H and O–H groups in total. The van der Waals surface area contributed by atoms with Crippen LogP contribution in [-0.2, 0) is 4.74 Å². The van der Waals surface area contributed by atoms with Crippen molar-refractivity contribution >= 4 is 11.6 Å². The third-order valence-corrected chi connectivity index (χ3v) is 3.02. The van der Waals surface area contributed by atoms with Gasteiger partial charge in [0.1, 0.15) is 17.5 Å². The van der Waals surface area contributed by atoms with Crippen molar-refractivity contribution in [2.75, 3.05) is 30.3 Å². The van der Waals surface area contributed by atoms with E-state index >= 15 is 0 Å². The second-order valence-corrected chi connectivity index (χ2v) is 4.59. The molecule has 0 amide bonds. The first-order valence-corrected chi connectivity index (χ1v) is 6.05. The Balaban J connectivity index is 2.31. The summed E-state index contributed by atoms with van der Waals surface area (Å²) < 4.78 is 5.64. The minimum atomic E-state index is 0.230. The highest BCUT2D eigenvalue weighted by molar-refractivity contribution is 5.56. The van der Waals surface area contributed by atoms with E-state index in [1.807, 2.05) is 13.8 Å². The molecule has 0 aliphatic carbocycles. The van der Waals surface area contributed by atoms with E-state index in [2.05, 4.69) is 21.8 Å². The molecule has 0 spiro atoms. The molecule has 94 valence electrons. The van der Waals surface area contributed by atoms with Gasteiger partial charge in [-0.15, -0.1) is 0 Å². The molecule has 2 heterocycles. The summed E-state index contributed by atoms with van der Waals surface area (Å²) in [6, 6.07) is 0. The molecule has 0 bridgehead atoms. The molecule has 1 atom stereocenters. The van der Waals surface area contributed by atoms with Gasteiger partial charge in [0.2, 0.25) is 0 Å². The standard InChI is InChI=1S/C12H20N4O/c1-8-7-16(5-4-6-17-8)12-9(2)11(13)14-10(3)15-12/h8H,4-7H2,1-3H3,(H2,13,14,15). The minimum Gasteiger partial charge on any atom is -0.383 e. The summed E-state index contributed by atoms with van der Waals surface area (Å²) >= 11 is 0. The van der Waals surface area contributed by atoms with Crippen LogP contribution in [0.15, 0.2) is 0 Å². The topological polar surface area (TPSA) is 64.3 Å². The summed E-state index contributed by atoms with van der Waals surface area (Å²) in [5.74, 6) is 2.25. The lowest BCUT2D eigenvalue weighted by Crippen LogP contribution is -2.32. The van der Waals surface area contributed by atoms with Crippen LogP contribution in [0.2, 0.25) is 0 Å². The summed E-state index contributed by atoms with van der Waals surface area (Å²) in [7, 11) is 0. The van der Waals surface area contributed by atoms with Crippen LogP contribution in [0, 0.1) is 13.8 Å². The lowest BCUT2D eigenvalue weighted by Gasteiger charge is -2.25. The smallest absolute Gasteiger partial charge is 0.137 e. The Kier molecular flexibility index (Phi) is 3.47. The number of hydrogen-bond acceptors (Lipinski definition) is 5. The van der Waals surface area contributed by atoms with Crippen molar-refractivity contribution in [2.45, 2.75) is 33.3 Å². The number of hydrogen-bond donors (Lipinski definition) is 1. The van der Waals surface area contributed by atoms with Crippen LogP contribution in [0.1, 0.15) is 24.7 Å². The number of aryl methyl sites for hydroxylation is 1. The second kappa shape index (κ2) is 4.87. The molecule has 0 aromatic carbocycles. The van der Waals surface area contributed by atoms with Gasteiger partial charge in [-0.3, -0.25) is 0 Å². The summed E-state index contributed by atoms with van der Waals surface area (Å²) in [6.07, 6.45) is 1.25. The van der Waals surface area contributed by atoms with Gasteiger partial charge in [0.05, 0.1) is 6.10 Å². The Bertz CT molecular complexity index is 408. The average molecular weight is 236 g/mol. The van der Waals surface area contributed by atoms with Crippen LogP contribution in [0.5, 0.6) is 0 Å². The van der Waals surface area contributed by atoms with Gasteiger partial charge in [-0.25, -0.2) is 9.97 Å². The summed E-state index contributed by atoms with van der Waals surface area (Å²) in [5, 5.41) is 0. The molecule has 2 rings (SSSR count). The quantitative estimate of drug-likeness (QED) is 0.796. The first kappa shape index (κ1) is 12.1. The van der Waals surface area contributed by atoms with Crippen LogP contribution in [-0.4, -0.2) is 35.8 Å². The van der Waals surface area contributed by atoms with Crippen molar-refractivity contribution in [3.8, 4) is 0 Å². The zero-order chi connectivity index (χ0) is 12.4. The predicted octanol–water partition coefficient (Wildman–Crippen LogP) is 1.29. The SMILES string of the molecule is Cc1nc(N)c(C)c(N2CCCOC(C)C2)n1. The van der Waals surface area contributed by atoms with E-state index in [-0.39, 0.29) is 6.10 Å². The maximum atomic E-state index is 5.89. The van der Waals surface area contributed by atoms with Crippen molar-refractivity contribution in [1.82, 2.24) is 9.97 Å². The number of anilines is 2. The van der Waals surface area contributed by atoms with Crippen molar-refractivity contribution < 1.29 is 4.74 Å². The van der Waals surface area contributed by atoms with E-state index in [0.717, 1.165) is 43.3 Å². The Morgan fingerprint density at radius 3 is 2.88 bits per heavy atom. The predicted molar refractivity (Wildman–Crippen MR) is 68.2 cm³/mol. The fourth-order valence-corrected chi connectivity index (χ4v) is 2.13. The lowest BCUT2D eigenvalue weighted by atomic mass is 10.2. The van der Waals surface area contributed by atoms with E-state index < -0.39 is 0 Å².